The van der Waals surface area contributed by atoms with Gasteiger partial charge in [-0.25, -0.2) is 8.78 Å². The van der Waals surface area contributed by atoms with E-state index in [1.54, 1.807) is 0 Å². The number of piperidine rings is 1. The maximum atomic E-state index is 14.6. The molecule has 68 heavy (non-hydrogen) atoms. The van der Waals surface area contributed by atoms with Crippen molar-refractivity contribution in [1.29, 1.82) is 0 Å². The SMILES string of the molecule is C#CC1CC2CC2N1C(=O)CC(CC)CC(=C)C.C=C(NC(CC(=O)N1CCn2c(nnc2C(C)(F)F)C1)Cc1cc(F)c(C)cc1F)C(N)CC(C)C.CCNC(=O)C(N)Cc1ccccc1. The van der Waals surface area contributed by atoms with Gasteiger partial charge in [-0.05, 0) is 106 Å². The van der Waals surface area contributed by atoms with Gasteiger partial charge in [0.2, 0.25) is 23.5 Å². The molecule has 0 bridgehead atoms. The number of hydrogen-bond donors (Lipinski definition) is 4. The number of fused-ring (bicyclic) bond motifs is 2. The number of amides is 3. The predicted molar refractivity (Wildman–Crippen MR) is 259 cm³/mol. The molecule has 3 aliphatic rings. The highest BCUT2D eigenvalue weighted by Gasteiger charge is 2.53. The molecule has 7 unspecified atom stereocenters. The van der Waals surface area contributed by atoms with E-state index in [4.69, 9.17) is 17.9 Å². The van der Waals surface area contributed by atoms with Gasteiger partial charge in [0.1, 0.15) is 11.6 Å². The van der Waals surface area contributed by atoms with E-state index in [-0.39, 0.29) is 79.2 Å². The van der Waals surface area contributed by atoms with Gasteiger partial charge in [-0.1, -0.05) is 75.6 Å². The minimum Gasteiger partial charge on any atom is -0.384 e. The summed E-state index contributed by atoms with van der Waals surface area (Å²) >= 11 is 0. The van der Waals surface area contributed by atoms with E-state index >= 15 is 0 Å². The lowest BCUT2D eigenvalue weighted by Crippen LogP contribution is -2.44. The molecule has 1 aliphatic carbocycles. The van der Waals surface area contributed by atoms with Crippen LogP contribution in [-0.4, -0.2) is 85.6 Å². The summed E-state index contributed by atoms with van der Waals surface area (Å²) < 4.78 is 57.6. The fourth-order valence-corrected chi connectivity index (χ4v) is 8.77. The number of nitrogens with one attached hydrogen (secondary N) is 2. The predicted octanol–water partition coefficient (Wildman–Crippen LogP) is 7.48. The standard InChI is InChI=1S/C25H34F4N6O.C16H23NO.C11H16N2O/c1-14(2)8-21(30)16(4)31-18(10-17-11-19(26)15(3)9-20(17)27)12-23(36)34-6-7-35-22(13-34)32-33-24(35)25(5,28)29;1-5-12(7-11(3)4)8-16(18)17-14(6-2)9-13-10-15(13)17;1-2-13-11(14)10(12)8-9-6-4-3-5-7-9/h9,11,14,18,21,31H,4,6-8,10,12-13,30H2,1-3,5H3;2,12-15H,3,5,7-10H2,1,4H3;3-7,10H,2,8,12H2,1H3,(H,13,14). The van der Waals surface area contributed by atoms with Crippen molar-refractivity contribution in [1.82, 2.24) is 35.2 Å². The summed E-state index contributed by atoms with van der Waals surface area (Å²) in [4.78, 5) is 40.4. The van der Waals surface area contributed by atoms with Crippen LogP contribution < -0.4 is 22.1 Å². The van der Waals surface area contributed by atoms with Crippen LogP contribution in [0.3, 0.4) is 0 Å². The number of aromatic nitrogens is 3. The normalized spacial score (nSPS) is 18.8. The van der Waals surface area contributed by atoms with Crippen molar-refractivity contribution >= 4 is 17.7 Å². The number of terminal acetylenes is 1. The number of likely N-dealkylation sites (tertiary alicyclic amines) is 1. The zero-order valence-electron chi connectivity index (χ0n) is 41.0. The number of nitrogens with zero attached hydrogens (tertiary/aromatic N) is 5. The Morgan fingerprint density at radius 1 is 0.956 bits per heavy atom. The van der Waals surface area contributed by atoms with Gasteiger partial charge in [0.15, 0.2) is 5.82 Å². The number of halogens is 4. The van der Waals surface area contributed by atoms with Crippen molar-refractivity contribution in [2.45, 2.75) is 155 Å². The van der Waals surface area contributed by atoms with Crippen molar-refractivity contribution in [3.63, 3.8) is 0 Å². The number of likely N-dealkylation sites (N-methyl/N-ethyl adjacent to an activating group) is 1. The van der Waals surface area contributed by atoms with Crippen LogP contribution in [0.4, 0.5) is 17.6 Å². The van der Waals surface area contributed by atoms with Gasteiger partial charge in [0.05, 0.1) is 18.6 Å². The minimum absolute atomic E-state index is 0.0238. The zero-order valence-corrected chi connectivity index (χ0v) is 41.0. The summed E-state index contributed by atoms with van der Waals surface area (Å²) in [5.41, 5.74) is 15.0. The number of nitrogens with two attached hydrogens (primary N) is 2. The molecule has 3 heterocycles. The topological polar surface area (TPSA) is 164 Å². The maximum Gasteiger partial charge on any atom is 0.304 e. The summed E-state index contributed by atoms with van der Waals surface area (Å²) in [7, 11) is 0. The van der Waals surface area contributed by atoms with Crippen molar-refractivity contribution in [3.05, 3.63) is 107 Å². The minimum atomic E-state index is -3.14. The first kappa shape index (κ1) is 55.1. The maximum absolute atomic E-state index is 14.6. The molecular formula is C52H73F4N9O3. The molecule has 1 saturated heterocycles. The molecule has 3 aromatic rings. The number of allylic oxidation sites excluding steroid dienone is 1. The summed E-state index contributed by atoms with van der Waals surface area (Å²) in [6, 6.07) is 11.1. The zero-order chi connectivity index (χ0) is 50.5. The van der Waals surface area contributed by atoms with Crippen LogP contribution in [0.1, 0.15) is 115 Å². The largest absolute Gasteiger partial charge is 0.384 e. The molecule has 3 amide bonds. The second-order valence-corrected chi connectivity index (χ2v) is 19.1. The van der Waals surface area contributed by atoms with Gasteiger partial charge in [0, 0.05) is 63.2 Å². The van der Waals surface area contributed by atoms with Crippen LogP contribution in [0, 0.1) is 48.7 Å². The summed E-state index contributed by atoms with van der Waals surface area (Å²) in [5.74, 6) is -0.322. The lowest BCUT2D eigenvalue weighted by atomic mass is 9.94. The average molecular weight is 948 g/mol. The molecule has 2 aromatic carbocycles. The van der Waals surface area contributed by atoms with E-state index in [0.29, 0.717) is 55.3 Å². The number of hydrogen-bond acceptors (Lipinski definition) is 8. The van der Waals surface area contributed by atoms with Crippen molar-refractivity contribution in [3.8, 4) is 12.3 Å². The van der Waals surface area contributed by atoms with Crippen molar-refractivity contribution in [2.24, 2.45) is 29.2 Å². The van der Waals surface area contributed by atoms with Gasteiger partial charge in [-0.15, -0.1) is 23.2 Å². The fraction of sp³-hybridized carbons (Fsp3) is 0.558. The van der Waals surface area contributed by atoms with Crippen LogP contribution in [0.15, 0.2) is 66.9 Å². The molecule has 6 N–H and O–H groups in total. The molecule has 0 radical (unpaired) electrons. The highest BCUT2D eigenvalue weighted by Crippen LogP contribution is 2.48. The Morgan fingerprint density at radius 3 is 2.25 bits per heavy atom. The molecule has 2 fully saturated rings. The lowest BCUT2D eigenvalue weighted by molar-refractivity contribution is -0.134. The van der Waals surface area contributed by atoms with Gasteiger partial charge in [-0.2, -0.15) is 8.78 Å². The Balaban J connectivity index is 0.000000259. The summed E-state index contributed by atoms with van der Waals surface area (Å²) in [6.45, 7) is 21.2. The average Bonchev–Trinajstić information content (AvgIpc) is 3.70. The summed E-state index contributed by atoms with van der Waals surface area (Å²) in [5, 5.41) is 13.3. The van der Waals surface area contributed by atoms with E-state index in [1.165, 1.54) is 22.8 Å². The molecule has 1 aromatic heterocycles. The first-order valence-electron chi connectivity index (χ1n) is 23.8. The van der Waals surface area contributed by atoms with Crippen molar-refractivity contribution < 1.29 is 31.9 Å². The number of rotatable bonds is 19. The van der Waals surface area contributed by atoms with Crippen LogP contribution in [0.2, 0.25) is 0 Å². The first-order chi connectivity index (χ1) is 32.1. The Labute approximate surface area is 400 Å². The smallest absolute Gasteiger partial charge is 0.304 e. The van der Waals surface area contributed by atoms with Gasteiger partial charge in [0.25, 0.3) is 0 Å². The monoisotopic (exact) mass is 948 g/mol. The summed E-state index contributed by atoms with van der Waals surface area (Å²) in [6.07, 6.45) is 11.5. The van der Waals surface area contributed by atoms with E-state index in [1.807, 2.05) is 62.9 Å². The van der Waals surface area contributed by atoms with Gasteiger partial charge in [-0.3, -0.25) is 14.4 Å². The molecule has 372 valence electrons. The third-order valence-corrected chi connectivity index (χ3v) is 12.5. The molecule has 12 nitrogen and oxygen atoms in total. The number of alkyl halides is 2. The van der Waals surface area contributed by atoms with Crippen LogP contribution in [0.25, 0.3) is 0 Å². The lowest BCUT2D eigenvalue weighted by Gasteiger charge is -2.31. The Kier molecular flexibility index (Phi) is 20.4. The van der Waals surface area contributed by atoms with Crippen LogP contribution in [-0.2, 0) is 46.2 Å². The fourth-order valence-electron chi connectivity index (χ4n) is 8.77. The van der Waals surface area contributed by atoms with E-state index in [2.05, 4.69) is 46.8 Å². The number of carbonyl (C=O) groups is 3. The number of benzene rings is 2. The Morgan fingerprint density at radius 2 is 1.65 bits per heavy atom. The second-order valence-electron chi connectivity index (χ2n) is 19.1. The van der Waals surface area contributed by atoms with Gasteiger partial charge < -0.3 is 36.5 Å². The highest BCUT2D eigenvalue weighted by atomic mass is 19.3. The number of aryl methyl sites for hydroxylation is 1. The Bertz CT molecular complexity index is 2240. The van der Waals surface area contributed by atoms with Crippen LogP contribution in [0.5, 0.6) is 0 Å². The quantitative estimate of drug-likeness (QED) is 0.0546. The van der Waals surface area contributed by atoms with Crippen LogP contribution >= 0.6 is 0 Å². The third kappa shape index (κ3) is 16.0. The Hall–Kier alpha value is -5.53. The molecule has 1 saturated carbocycles. The first-order valence-corrected chi connectivity index (χ1v) is 23.8. The molecule has 6 rings (SSSR count). The molecule has 2 aliphatic heterocycles. The molecule has 0 spiro atoms. The third-order valence-electron chi connectivity index (χ3n) is 12.5. The number of carbonyl (C=O) groups excluding carboxylic acids is 3. The van der Waals surface area contributed by atoms with E-state index in [0.717, 1.165) is 49.5 Å². The van der Waals surface area contributed by atoms with Crippen molar-refractivity contribution in [2.75, 3.05) is 13.1 Å². The second kappa shape index (κ2) is 25.2. The van der Waals surface area contributed by atoms with E-state index < -0.39 is 35.5 Å². The van der Waals surface area contributed by atoms with E-state index in [9.17, 15) is 31.9 Å². The highest BCUT2D eigenvalue weighted by molar-refractivity contribution is 5.81. The molecule has 7 atom stereocenters. The molecular weight excluding hydrogens is 875 g/mol. The molecule has 16 heteroatoms. The van der Waals surface area contributed by atoms with Gasteiger partial charge >= 0.3 is 5.92 Å².